The summed E-state index contributed by atoms with van der Waals surface area (Å²) in [5.74, 6) is -1.20. The molecule has 8 heteroatoms. The van der Waals surface area contributed by atoms with Crippen molar-refractivity contribution in [1.82, 2.24) is 0 Å². The Hall–Kier alpha value is -1.25. The summed E-state index contributed by atoms with van der Waals surface area (Å²) >= 11 is -2.65. The quantitative estimate of drug-likeness (QED) is 0.402. The van der Waals surface area contributed by atoms with Crippen LogP contribution in [0.25, 0.3) is 0 Å². The first kappa shape index (κ1) is 16.1. The maximum atomic E-state index is 11.7. The SMILES string of the molecule is C=C(C)C(=O)OCC(=O)OC1C2CCC(C2)C1OS(=O)[O-]. The Balaban J connectivity index is 1.88. The van der Waals surface area contributed by atoms with Crippen molar-refractivity contribution in [2.75, 3.05) is 6.61 Å². The minimum Gasteiger partial charge on any atom is -0.750 e. The highest BCUT2D eigenvalue weighted by atomic mass is 32.2. The Morgan fingerprint density at radius 3 is 2.48 bits per heavy atom. The van der Waals surface area contributed by atoms with E-state index in [4.69, 9.17) is 13.7 Å². The third-order valence-corrected chi connectivity index (χ3v) is 4.27. The molecule has 2 saturated carbocycles. The van der Waals surface area contributed by atoms with E-state index in [0.29, 0.717) is 0 Å². The zero-order chi connectivity index (χ0) is 15.6. The molecule has 0 aromatic rings. The van der Waals surface area contributed by atoms with E-state index < -0.39 is 42.1 Å². The maximum Gasteiger partial charge on any atom is 0.344 e. The van der Waals surface area contributed by atoms with Gasteiger partial charge in [0.25, 0.3) is 0 Å². The fourth-order valence-electron chi connectivity index (χ4n) is 3.01. The van der Waals surface area contributed by atoms with Gasteiger partial charge in [-0.25, -0.2) is 13.8 Å². The molecular weight excluding hydrogens is 300 g/mol. The Kier molecular flexibility index (Phi) is 5.13. The van der Waals surface area contributed by atoms with Crippen LogP contribution in [0.1, 0.15) is 26.2 Å². The molecule has 2 rings (SSSR count). The van der Waals surface area contributed by atoms with Crippen LogP contribution in [0.15, 0.2) is 12.2 Å². The van der Waals surface area contributed by atoms with Gasteiger partial charge in [-0.15, -0.1) is 0 Å². The predicted molar refractivity (Wildman–Crippen MR) is 70.3 cm³/mol. The van der Waals surface area contributed by atoms with Crippen molar-refractivity contribution >= 4 is 23.3 Å². The number of esters is 2. The van der Waals surface area contributed by atoms with Gasteiger partial charge in [0.05, 0.1) is 11.4 Å². The van der Waals surface area contributed by atoms with E-state index in [1.54, 1.807) is 0 Å². The van der Waals surface area contributed by atoms with Gasteiger partial charge in [0.1, 0.15) is 12.2 Å². The standard InChI is InChI=1S/C13H18O7S/c1-7(2)13(15)18-6-10(14)19-11-8-3-4-9(5-8)12(11)20-21(16)17/h8-9,11-12H,1,3-6H2,2H3,(H,16,17)/p-1. The average Bonchev–Trinajstić information content (AvgIpc) is 2.98. The molecule has 118 valence electrons. The molecule has 0 aromatic carbocycles. The number of ether oxygens (including phenoxy) is 2. The smallest absolute Gasteiger partial charge is 0.344 e. The van der Waals surface area contributed by atoms with Gasteiger partial charge in [-0.1, -0.05) is 6.58 Å². The minimum absolute atomic E-state index is 0.0867. The first-order valence-corrected chi connectivity index (χ1v) is 7.67. The van der Waals surface area contributed by atoms with Gasteiger partial charge in [0.15, 0.2) is 6.61 Å². The van der Waals surface area contributed by atoms with E-state index in [9.17, 15) is 18.4 Å². The molecule has 0 amide bonds. The lowest BCUT2D eigenvalue weighted by molar-refractivity contribution is -0.166. The second kappa shape index (κ2) is 6.67. The number of carbonyl (C=O) groups excluding carboxylic acids is 2. The zero-order valence-electron chi connectivity index (χ0n) is 11.6. The van der Waals surface area contributed by atoms with Crippen LogP contribution >= 0.6 is 0 Å². The maximum absolute atomic E-state index is 11.7. The highest BCUT2D eigenvalue weighted by molar-refractivity contribution is 7.74. The lowest BCUT2D eigenvalue weighted by Crippen LogP contribution is -2.39. The van der Waals surface area contributed by atoms with E-state index >= 15 is 0 Å². The summed E-state index contributed by atoms with van der Waals surface area (Å²) in [5.41, 5.74) is 0.186. The number of fused-ring (bicyclic) bond motifs is 2. The van der Waals surface area contributed by atoms with Crippen LogP contribution in [0.2, 0.25) is 0 Å². The van der Waals surface area contributed by atoms with E-state index in [1.165, 1.54) is 6.92 Å². The molecule has 5 atom stereocenters. The van der Waals surface area contributed by atoms with Gasteiger partial charge in [0, 0.05) is 5.57 Å². The minimum atomic E-state index is -2.65. The molecule has 7 nitrogen and oxygen atoms in total. The van der Waals surface area contributed by atoms with E-state index in [-0.39, 0.29) is 17.4 Å². The van der Waals surface area contributed by atoms with Crippen molar-refractivity contribution in [3.8, 4) is 0 Å². The molecule has 5 unspecified atom stereocenters. The van der Waals surface area contributed by atoms with Gasteiger partial charge in [-0.05, 0) is 38.0 Å². The molecule has 21 heavy (non-hydrogen) atoms. The molecule has 0 spiro atoms. The van der Waals surface area contributed by atoms with E-state index in [2.05, 4.69) is 6.58 Å². The van der Waals surface area contributed by atoms with Crippen molar-refractivity contribution < 1.29 is 32.0 Å². The Morgan fingerprint density at radius 1 is 1.29 bits per heavy atom. The van der Waals surface area contributed by atoms with Gasteiger partial charge in [-0.2, -0.15) is 0 Å². The Labute approximate surface area is 125 Å². The highest BCUT2D eigenvalue weighted by Gasteiger charge is 2.51. The summed E-state index contributed by atoms with van der Waals surface area (Å²) in [6.45, 7) is 4.35. The molecule has 0 heterocycles. The Bertz CT molecular complexity index is 475. The van der Waals surface area contributed by atoms with Crippen LogP contribution in [0.3, 0.4) is 0 Å². The fraction of sp³-hybridized carbons (Fsp3) is 0.692. The van der Waals surface area contributed by atoms with Crippen LogP contribution in [0.5, 0.6) is 0 Å². The topological polar surface area (TPSA) is 102 Å². The molecule has 0 aliphatic heterocycles. The van der Waals surface area contributed by atoms with Crippen LogP contribution in [0, 0.1) is 11.8 Å². The third-order valence-electron chi connectivity index (χ3n) is 3.89. The van der Waals surface area contributed by atoms with Gasteiger partial charge < -0.3 is 14.0 Å². The van der Waals surface area contributed by atoms with Crippen LogP contribution in [-0.2, 0) is 34.6 Å². The fourth-order valence-corrected chi connectivity index (χ4v) is 3.45. The Morgan fingerprint density at radius 2 is 1.90 bits per heavy atom. The monoisotopic (exact) mass is 317 g/mol. The third kappa shape index (κ3) is 3.90. The van der Waals surface area contributed by atoms with Gasteiger partial charge >= 0.3 is 11.9 Å². The molecule has 0 radical (unpaired) electrons. The first-order chi connectivity index (χ1) is 9.88. The molecular formula is C13H17O7S-. The lowest BCUT2D eigenvalue weighted by Gasteiger charge is -2.30. The van der Waals surface area contributed by atoms with Gasteiger partial charge in [0.2, 0.25) is 0 Å². The lowest BCUT2D eigenvalue weighted by atomic mass is 9.95. The van der Waals surface area contributed by atoms with Crippen molar-refractivity contribution in [3.05, 3.63) is 12.2 Å². The first-order valence-electron chi connectivity index (χ1n) is 6.67. The summed E-state index contributed by atoms with van der Waals surface area (Å²) in [6.07, 6.45) is 1.29. The van der Waals surface area contributed by atoms with Crippen molar-refractivity contribution in [1.29, 1.82) is 0 Å². The zero-order valence-corrected chi connectivity index (χ0v) is 12.4. The van der Waals surface area contributed by atoms with Crippen molar-refractivity contribution in [2.24, 2.45) is 11.8 Å². The van der Waals surface area contributed by atoms with Crippen LogP contribution in [-0.4, -0.2) is 39.5 Å². The number of hydrogen-bond donors (Lipinski definition) is 0. The van der Waals surface area contributed by atoms with Crippen LogP contribution in [0.4, 0.5) is 0 Å². The van der Waals surface area contributed by atoms with E-state index in [0.717, 1.165) is 19.3 Å². The van der Waals surface area contributed by atoms with Crippen molar-refractivity contribution in [2.45, 2.75) is 38.4 Å². The number of hydrogen-bond acceptors (Lipinski definition) is 7. The molecule has 0 aromatic heterocycles. The summed E-state index contributed by atoms with van der Waals surface area (Å²) in [4.78, 5) is 22.9. The summed E-state index contributed by atoms with van der Waals surface area (Å²) < 4.78 is 36.2. The van der Waals surface area contributed by atoms with E-state index in [1.807, 2.05) is 0 Å². The second-order valence-corrected chi connectivity index (χ2v) is 6.01. The number of rotatable bonds is 6. The number of carbonyl (C=O) groups is 2. The highest BCUT2D eigenvalue weighted by Crippen LogP contribution is 2.47. The molecule has 2 aliphatic rings. The molecule has 2 aliphatic carbocycles. The summed E-state index contributed by atoms with van der Waals surface area (Å²) in [7, 11) is 0. The van der Waals surface area contributed by atoms with Crippen molar-refractivity contribution in [3.63, 3.8) is 0 Å². The second-order valence-electron chi connectivity index (χ2n) is 5.41. The predicted octanol–water partition coefficient (Wildman–Crippen LogP) is 0.627. The largest absolute Gasteiger partial charge is 0.750 e. The average molecular weight is 317 g/mol. The molecule has 2 bridgehead atoms. The molecule has 2 fully saturated rings. The molecule has 0 N–H and O–H groups in total. The summed E-state index contributed by atoms with van der Waals surface area (Å²) in [6, 6.07) is 0. The van der Waals surface area contributed by atoms with Crippen LogP contribution < -0.4 is 0 Å². The summed E-state index contributed by atoms with van der Waals surface area (Å²) in [5, 5.41) is 0. The molecule has 0 saturated heterocycles. The normalized spacial score (nSPS) is 31.7. The van der Waals surface area contributed by atoms with Gasteiger partial charge in [-0.3, -0.25) is 4.18 Å².